The SMILES string of the molecule is Cc1c(N)c(N=Nc2ccc(S(=O)(=O)CCOS(=O)(=O)O)cc2S(=O)(=O)O)c(N)c(N=Nc2ccc(S(=O)(=O)CCOSOOO)cc2S(=O)(=O)O)c1SOOO. The maximum atomic E-state index is 12.8. The molecule has 0 bridgehead atoms. The summed E-state index contributed by atoms with van der Waals surface area (Å²) >= 11 is 0.310. The van der Waals surface area contributed by atoms with Crippen molar-refractivity contribution in [1.29, 1.82) is 0 Å². The molecule has 0 atom stereocenters. The Kier molecular flexibility index (Phi) is 16.4. The lowest BCUT2D eigenvalue weighted by atomic mass is 10.1. The van der Waals surface area contributed by atoms with Crippen LogP contribution in [0.5, 0.6) is 0 Å². The van der Waals surface area contributed by atoms with Gasteiger partial charge in [-0.1, -0.05) is 10.1 Å². The highest BCUT2D eigenvalue weighted by atomic mass is 32.3. The van der Waals surface area contributed by atoms with Crippen LogP contribution < -0.4 is 11.5 Å². The molecule has 3 aromatic carbocycles. The normalized spacial score (nSPS) is 13.2. The van der Waals surface area contributed by atoms with Crippen LogP contribution in [0.15, 0.2) is 81.3 Å². The molecule has 0 saturated heterocycles. The maximum Gasteiger partial charge on any atom is 0.397 e. The van der Waals surface area contributed by atoms with Crippen LogP contribution in [-0.4, -0.2) is 91.0 Å². The highest BCUT2D eigenvalue weighted by Gasteiger charge is 2.26. The Morgan fingerprint density at radius 2 is 1.12 bits per heavy atom. The van der Waals surface area contributed by atoms with E-state index in [1.807, 2.05) is 0 Å². The monoisotopic (exact) mass is 946 g/mol. The molecule has 3 aromatic rings. The Bertz CT molecular complexity index is 2610. The fraction of sp³-hybridized carbons (Fsp3) is 0.217. The molecule has 34 heteroatoms. The number of nitrogens with two attached hydrogens (primary N) is 2. The fourth-order valence-corrected chi connectivity index (χ4v) is 9.03. The molecule has 27 nitrogen and oxygen atoms in total. The van der Waals surface area contributed by atoms with Crippen molar-refractivity contribution < 1.29 is 93.4 Å². The van der Waals surface area contributed by atoms with Crippen LogP contribution in [-0.2, 0) is 77.4 Å². The van der Waals surface area contributed by atoms with Gasteiger partial charge in [-0.2, -0.15) is 25.3 Å². The Hall–Kier alpha value is -3.53. The van der Waals surface area contributed by atoms with Gasteiger partial charge in [-0.25, -0.2) is 31.5 Å². The summed E-state index contributed by atoms with van der Waals surface area (Å²) in [6.45, 7) is -0.304. The van der Waals surface area contributed by atoms with E-state index in [4.69, 9.17) is 30.7 Å². The Balaban J connectivity index is 2.14. The topological polar surface area (TPSA) is 429 Å². The number of hydrogen-bond donors (Lipinski definition) is 7. The number of benzene rings is 3. The molecule has 0 aliphatic rings. The van der Waals surface area contributed by atoms with E-state index in [2.05, 4.69) is 43.4 Å². The minimum atomic E-state index is -5.27. The first-order valence-corrected chi connectivity index (χ1v) is 23.1. The second kappa shape index (κ2) is 19.5. The molecule has 316 valence electrons. The van der Waals surface area contributed by atoms with Crippen molar-refractivity contribution in [2.75, 3.05) is 36.2 Å². The lowest BCUT2D eigenvalue weighted by molar-refractivity contribution is -0.434. The Morgan fingerprint density at radius 1 is 0.649 bits per heavy atom. The first kappa shape index (κ1) is 47.8. The third-order valence-corrected chi connectivity index (χ3v) is 13.4. The van der Waals surface area contributed by atoms with Crippen LogP contribution in [0.2, 0.25) is 0 Å². The van der Waals surface area contributed by atoms with E-state index in [0.717, 1.165) is 24.3 Å². The smallest absolute Gasteiger partial charge is 0.397 e. The molecule has 57 heavy (non-hydrogen) atoms. The zero-order valence-corrected chi connectivity index (χ0v) is 33.6. The molecule has 0 aromatic heterocycles. The number of azo groups is 2. The first-order chi connectivity index (χ1) is 26.3. The van der Waals surface area contributed by atoms with Crippen molar-refractivity contribution in [1.82, 2.24) is 0 Å². The standard InChI is InChI=1S/C23H26N6O21S7/c1-12-19(24)21(28-26-15-4-3-14(11-17(15)55(36,37)38)54(34,35)9-7-46-57(42,43)44)20(25)22(23(12)51-49-47-30)29-27-16-5-2-13(10-18(16)56(39,40)41)53(32,33)8-6-45-52-50-48-31/h2-5,10-11,30-31H,6-9,24-25H2,1H3,(H,36,37,38)(H,39,40,41)(H,42,43,44). The van der Waals surface area contributed by atoms with Crippen LogP contribution in [0, 0.1) is 6.92 Å². The minimum absolute atomic E-state index is 0.0227. The van der Waals surface area contributed by atoms with E-state index in [1.165, 1.54) is 6.92 Å². The summed E-state index contributed by atoms with van der Waals surface area (Å²) in [5, 5.41) is 38.8. The van der Waals surface area contributed by atoms with Crippen molar-refractivity contribution in [3.05, 3.63) is 42.0 Å². The van der Waals surface area contributed by atoms with Crippen LogP contribution in [0.25, 0.3) is 0 Å². The second-order valence-electron chi connectivity index (χ2n) is 10.2. The van der Waals surface area contributed by atoms with Crippen LogP contribution >= 0.6 is 24.4 Å². The average molecular weight is 947 g/mol. The molecule has 0 fully saturated rings. The molecule has 0 amide bonds. The van der Waals surface area contributed by atoms with E-state index in [-0.39, 0.29) is 40.5 Å². The van der Waals surface area contributed by atoms with E-state index in [9.17, 15) is 51.2 Å². The lowest BCUT2D eigenvalue weighted by Crippen LogP contribution is -2.16. The summed E-state index contributed by atoms with van der Waals surface area (Å²) in [4.78, 5) is -3.77. The zero-order chi connectivity index (χ0) is 43.0. The molecule has 0 unspecified atom stereocenters. The number of hydrogen-bond acceptors (Lipinski definition) is 26. The quantitative estimate of drug-likeness (QED) is 0.0153. The molecule has 9 N–H and O–H groups in total. The summed E-state index contributed by atoms with van der Waals surface area (Å²) in [7, 11) is -24.3. The lowest BCUT2D eigenvalue weighted by Gasteiger charge is -2.15. The Morgan fingerprint density at radius 3 is 1.58 bits per heavy atom. The predicted molar refractivity (Wildman–Crippen MR) is 191 cm³/mol. The number of nitrogens with zero attached hydrogens (tertiary/aromatic N) is 4. The summed E-state index contributed by atoms with van der Waals surface area (Å²) in [5.41, 5.74) is 9.16. The summed E-state index contributed by atoms with van der Waals surface area (Å²) in [6.07, 6.45) is 0. The van der Waals surface area contributed by atoms with E-state index >= 15 is 0 Å². The van der Waals surface area contributed by atoms with Crippen LogP contribution in [0.1, 0.15) is 5.56 Å². The number of anilines is 2. The summed E-state index contributed by atoms with van der Waals surface area (Å²) in [6, 6.07) is 4.30. The van der Waals surface area contributed by atoms with Crippen LogP contribution in [0.3, 0.4) is 0 Å². The maximum absolute atomic E-state index is 12.8. The highest BCUT2D eigenvalue weighted by Crippen LogP contribution is 2.49. The Labute approximate surface area is 330 Å². The molecule has 0 radical (unpaired) electrons. The van der Waals surface area contributed by atoms with Gasteiger partial charge in [-0.05, 0) is 48.9 Å². The van der Waals surface area contributed by atoms with Gasteiger partial charge in [0.2, 0.25) is 0 Å². The average Bonchev–Trinajstić information content (AvgIpc) is 3.10. The molecule has 0 aliphatic carbocycles. The molecule has 3 rings (SSSR count). The van der Waals surface area contributed by atoms with E-state index in [1.54, 1.807) is 0 Å². The third kappa shape index (κ3) is 13.2. The van der Waals surface area contributed by atoms with Gasteiger partial charge >= 0.3 is 10.4 Å². The number of nitrogen functional groups attached to an aromatic ring is 2. The van der Waals surface area contributed by atoms with Crippen molar-refractivity contribution >= 4 is 109 Å². The number of rotatable bonds is 21. The van der Waals surface area contributed by atoms with E-state index in [0.29, 0.717) is 12.1 Å². The van der Waals surface area contributed by atoms with Gasteiger partial charge in [-0.15, -0.1) is 29.1 Å². The van der Waals surface area contributed by atoms with Gasteiger partial charge in [0.05, 0.1) is 62.8 Å². The van der Waals surface area contributed by atoms with E-state index < -0.39 is 123 Å². The third-order valence-electron chi connectivity index (χ3n) is 6.65. The molecule has 0 aliphatic heterocycles. The van der Waals surface area contributed by atoms with Gasteiger partial charge in [0.1, 0.15) is 32.5 Å². The highest BCUT2D eigenvalue weighted by molar-refractivity contribution is 7.94. The van der Waals surface area contributed by atoms with Crippen molar-refractivity contribution in [2.45, 2.75) is 31.4 Å². The molecule has 0 saturated carbocycles. The summed E-state index contributed by atoms with van der Waals surface area (Å²) < 4.78 is 167. The van der Waals surface area contributed by atoms with Gasteiger partial charge in [0.25, 0.3) is 20.2 Å². The zero-order valence-electron chi connectivity index (χ0n) is 27.9. The molecule has 0 heterocycles. The van der Waals surface area contributed by atoms with Gasteiger partial charge in [-0.3, -0.25) is 17.8 Å². The molecular formula is C23H26N6O21S7. The van der Waals surface area contributed by atoms with Crippen molar-refractivity contribution in [3.63, 3.8) is 0 Å². The number of sulfone groups is 2. The molecule has 0 spiro atoms. The summed E-state index contributed by atoms with van der Waals surface area (Å²) in [5.74, 6) is -1.82. The van der Waals surface area contributed by atoms with Crippen molar-refractivity contribution in [2.24, 2.45) is 20.5 Å². The minimum Gasteiger partial charge on any atom is -0.397 e. The van der Waals surface area contributed by atoms with Gasteiger partial charge in [0.15, 0.2) is 32.0 Å². The second-order valence-corrected chi connectivity index (χ2v) is 19.5. The van der Waals surface area contributed by atoms with Gasteiger partial charge in [0, 0.05) is 0 Å². The largest absolute Gasteiger partial charge is 0.397 e. The van der Waals surface area contributed by atoms with Crippen LogP contribution in [0.4, 0.5) is 34.1 Å². The fourth-order valence-electron chi connectivity index (χ4n) is 4.07. The van der Waals surface area contributed by atoms with Crippen molar-refractivity contribution in [3.8, 4) is 0 Å². The first-order valence-electron chi connectivity index (χ1n) is 14.1. The molecular weight excluding hydrogens is 921 g/mol. The predicted octanol–water partition coefficient (Wildman–Crippen LogP) is 3.28. The van der Waals surface area contributed by atoms with Gasteiger partial charge < -0.3 is 11.5 Å².